The molecule has 1 heterocycles. The lowest BCUT2D eigenvalue weighted by molar-refractivity contribution is 0.0998. The Morgan fingerprint density at radius 3 is 2.21 bits per heavy atom. The Hall–Kier alpha value is -2.82. The van der Waals surface area contributed by atoms with Crippen LogP contribution in [-0.4, -0.2) is 12.3 Å². The van der Waals surface area contributed by atoms with Gasteiger partial charge < -0.3 is 14.2 Å². The molecular formula is C14H8O5. The summed E-state index contributed by atoms with van der Waals surface area (Å²) in [6.07, 6.45) is -2.21. The number of fused-ring (bicyclic) bond motifs is 1. The van der Waals surface area contributed by atoms with E-state index in [0.717, 1.165) is 5.56 Å². The summed E-state index contributed by atoms with van der Waals surface area (Å²) in [7, 11) is 0. The van der Waals surface area contributed by atoms with Crippen LogP contribution in [0.2, 0.25) is 0 Å². The Morgan fingerprint density at radius 2 is 1.42 bits per heavy atom. The molecule has 0 saturated carbocycles. The van der Waals surface area contributed by atoms with Gasteiger partial charge in [-0.15, -0.1) is 0 Å². The van der Waals surface area contributed by atoms with Crippen LogP contribution in [0.1, 0.15) is 0 Å². The summed E-state index contributed by atoms with van der Waals surface area (Å²) in [6, 6.07) is 14.3. The molecule has 5 nitrogen and oxygen atoms in total. The van der Waals surface area contributed by atoms with Crippen molar-refractivity contribution in [3.63, 3.8) is 0 Å². The number of para-hydroxylation sites is 1. The maximum absolute atomic E-state index is 11.3. The Bertz CT molecular complexity index is 648. The molecule has 2 aromatic rings. The molecule has 2 aromatic carbocycles. The van der Waals surface area contributed by atoms with Crippen molar-refractivity contribution in [1.29, 1.82) is 0 Å². The molecule has 0 spiro atoms. The highest BCUT2D eigenvalue weighted by Crippen LogP contribution is 2.39. The van der Waals surface area contributed by atoms with Crippen molar-refractivity contribution in [3.8, 4) is 22.6 Å². The van der Waals surface area contributed by atoms with Crippen molar-refractivity contribution in [2.45, 2.75) is 0 Å². The number of hydrogen-bond donors (Lipinski definition) is 0. The molecule has 0 unspecified atom stereocenters. The second-order valence-electron chi connectivity index (χ2n) is 3.81. The Balaban J connectivity index is 2.16. The summed E-state index contributed by atoms with van der Waals surface area (Å²) >= 11 is 0. The largest absolute Gasteiger partial charge is 0.524 e. The molecule has 0 radical (unpaired) electrons. The number of benzene rings is 2. The maximum Gasteiger partial charge on any atom is 0.524 e. The molecule has 0 saturated heterocycles. The molecule has 0 aromatic heterocycles. The smallest absolute Gasteiger partial charge is 0.391 e. The molecule has 3 rings (SSSR count). The van der Waals surface area contributed by atoms with Crippen LogP contribution in [0.5, 0.6) is 11.5 Å². The van der Waals surface area contributed by atoms with Crippen LogP contribution < -0.4 is 9.47 Å². The van der Waals surface area contributed by atoms with E-state index in [1.807, 2.05) is 30.3 Å². The first-order valence-electron chi connectivity index (χ1n) is 5.54. The van der Waals surface area contributed by atoms with Gasteiger partial charge in [0.1, 0.15) is 0 Å². The molecule has 19 heavy (non-hydrogen) atoms. The highest BCUT2D eigenvalue weighted by Gasteiger charge is 2.26. The van der Waals surface area contributed by atoms with Crippen LogP contribution in [0.15, 0.2) is 48.5 Å². The first kappa shape index (κ1) is 11.3. The zero-order valence-corrected chi connectivity index (χ0v) is 9.66. The van der Waals surface area contributed by atoms with Gasteiger partial charge >= 0.3 is 12.3 Å². The topological polar surface area (TPSA) is 61.8 Å². The third-order valence-corrected chi connectivity index (χ3v) is 2.61. The van der Waals surface area contributed by atoms with Crippen molar-refractivity contribution in [2.24, 2.45) is 0 Å². The van der Waals surface area contributed by atoms with Crippen LogP contribution in [-0.2, 0) is 4.74 Å². The predicted molar refractivity (Wildman–Crippen MR) is 65.0 cm³/mol. The molecule has 0 amide bonds. The lowest BCUT2D eigenvalue weighted by Gasteiger charge is -2.09. The summed E-state index contributed by atoms with van der Waals surface area (Å²) in [6.45, 7) is 0. The van der Waals surface area contributed by atoms with Gasteiger partial charge in [-0.1, -0.05) is 42.5 Å². The van der Waals surface area contributed by atoms with Crippen molar-refractivity contribution < 1.29 is 23.8 Å². The number of carbonyl (C=O) groups excluding carboxylic acids is 2. The monoisotopic (exact) mass is 256 g/mol. The lowest BCUT2D eigenvalue weighted by atomic mass is 10.0. The zero-order valence-electron chi connectivity index (χ0n) is 9.66. The van der Waals surface area contributed by atoms with Gasteiger partial charge in [0.05, 0.1) is 0 Å². The molecular weight excluding hydrogens is 248 g/mol. The van der Waals surface area contributed by atoms with Gasteiger partial charge in [-0.25, -0.2) is 9.59 Å². The maximum atomic E-state index is 11.3. The second-order valence-corrected chi connectivity index (χ2v) is 3.81. The van der Waals surface area contributed by atoms with Crippen LogP contribution in [0.4, 0.5) is 9.59 Å². The number of carbonyl (C=O) groups is 2. The van der Waals surface area contributed by atoms with E-state index in [1.54, 1.807) is 12.1 Å². The number of cyclic esters (lactones) is 2. The van der Waals surface area contributed by atoms with Crippen LogP contribution >= 0.6 is 0 Å². The summed E-state index contributed by atoms with van der Waals surface area (Å²) in [4.78, 5) is 22.5. The minimum atomic E-state index is -1.10. The predicted octanol–water partition coefficient (Wildman–Crippen LogP) is 3.38. The van der Waals surface area contributed by atoms with Gasteiger partial charge in [-0.05, 0) is 11.6 Å². The van der Waals surface area contributed by atoms with Crippen LogP contribution in [0.25, 0.3) is 11.1 Å². The standard InChI is InChI=1S/C14H8O5/c15-13-17-11-8-4-7-10(9-5-2-1-3-6-9)12(11)18-14(16)19-13/h1-8H. The summed E-state index contributed by atoms with van der Waals surface area (Å²) in [5, 5.41) is 0. The third-order valence-electron chi connectivity index (χ3n) is 2.61. The first-order chi connectivity index (χ1) is 9.24. The fraction of sp³-hybridized carbons (Fsp3) is 0. The van der Waals surface area contributed by atoms with E-state index in [-0.39, 0.29) is 11.5 Å². The number of rotatable bonds is 1. The fourth-order valence-corrected chi connectivity index (χ4v) is 1.83. The van der Waals surface area contributed by atoms with Gasteiger partial charge in [0, 0.05) is 5.56 Å². The van der Waals surface area contributed by atoms with Gasteiger partial charge in [0.25, 0.3) is 0 Å². The normalized spacial score (nSPS) is 13.7. The zero-order chi connectivity index (χ0) is 13.2. The van der Waals surface area contributed by atoms with Gasteiger partial charge in [0.2, 0.25) is 0 Å². The van der Waals surface area contributed by atoms with Crippen molar-refractivity contribution in [1.82, 2.24) is 0 Å². The second kappa shape index (κ2) is 4.45. The number of ether oxygens (including phenoxy) is 3. The molecule has 1 aliphatic heterocycles. The molecule has 0 fully saturated rings. The summed E-state index contributed by atoms with van der Waals surface area (Å²) in [5.41, 5.74) is 1.48. The first-order valence-corrected chi connectivity index (χ1v) is 5.54. The molecule has 94 valence electrons. The van der Waals surface area contributed by atoms with E-state index in [4.69, 9.17) is 9.47 Å². The average Bonchev–Trinajstić information content (AvgIpc) is 2.55. The molecule has 0 atom stereocenters. The molecule has 0 aliphatic carbocycles. The van der Waals surface area contributed by atoms with Gasteiger partial charge in [-0.2, -0.15) is 0 Å². The molecule has 0 bridgehead atoms. The van der Waals surface area contributed by atoms with E-state index >= 15 is 0 Å². The summed E-state index contributed by atoms with van der Waals surface area (Å²) in [5.74, 6) is 0.321. The lowest BCUT2D eigenvalue weighted by Crippen LogP contribution is -2.14. The van der Waals surface area contributed by atoms with Crippen molar-refractivity contribution in [3.05, 3.63) is 48.5 Å². The Kier molecular flexibility index (Phi) is 2.64. The SMILES string of the molecule is O=C1OC(=O)Oc2c(cccc2-c2ccccc2)O1. The Morgan fingerprint density at radius 1 is 0.684 bits per heavy atom. The average molecular weight is 256 g/mol. The van der Waals surface area contributed by atoms with Crippen molar-refractivity contribution in [2.75, 3.05) is 0 Å². The highest BCUT2D eigenvalue weighted by molar-refractivity contribution is 5.86. The van der Waals surface area contributed by atoms with E-state index in [9.17, 15) is 9.59 Å². The van der Waals surface area contributed by atoms with Gasteiger partial charge in [-0.3, -0.25) is 0 Å². The van der Waals surface area contributed by atoms with E-state index in [1.165, 1.54) is 6.07 Å². The Labute approximate surface area is 108 Å². The van der Waals surface area contributed by atoms with Gasteiger partial charge in [0.15, 0.2) is 11.5 Å². The summed E-state index contributed by atoms with van der Waals surface area (Å²) < 4.78 is 14.2. The van der Waals surface area contributed by atoms with E-state index < -0.39 is 12.3 Å². The molecule has 0 N–H and O–H groups in total. The van der Waals surface area contributed by atoms with Crippen molar-refractivity contribution >= 4 is 12.3 Å². The minimum Gasteiger partial charge on any atom is -0.391 e. The highest BCUT2D eigenvalue weighted by atomic mass is 16.8. The van der Waals surface area contributed by atoms with Crippen LogP contribution in [0, 0.1) is 0 Å². The quantitative estimate of drug-likeness (QED) is 0.444. The van der Waals surface area contributed by atoms with E-state index in [2.05, 4.69) is 4.74 Å². The van der Waals surface area contributed by atoms with E-state index in [0.29, 0.717) is 5.56 Å². The third kappa shape index (κ3) is 2.13. The fourth-order valence-electron chi connectivity index (χ4n) is 1.83. The molecule has 5 heteroatoms. The van der Waals surface area contributed by atoms with Crippen LogP contribution in [0.3, 0.4) is 0 Å². The number of hydrogen-bond acceptors (Lipinski definition) is 5. The minimum absolute atomic E-state index is 0.150. The molecule has 1 aliphatic rings.